The minimum Gasteiger partial charge on any atom is -0.327 e. The fourth-order valence-electron chi connectivity index (χ4n) is 2.29. The van der Waals surface area contributed by atoms with Crippen LogP contribution < -0.4 is 10.2 Å². The molecule has 1 N–H and O–H groups in total. The van der Waals surface area contributed by atoms with E-state index < -0.39 is 0 Å². The fraction of sp³-hybridized carbons (Fsp3) is 0.333. The van der Waals surface area contributed by atoms with E-state index >= 15 is 0 Å². The SMILES string of the molecule is CCN(c1ccccc1)c1ccc(NC(=O)CC(C)C)cn1. The number of nitrogens with one attached hydrogen (secondary N) is 1. The van der Waals surface area contributed by atoms with Gasteiger partial charge in [-0.3, -0.25) is 4.79 Å². The second-order valence-corrected chi connectivity index (χ2v) is 5.63. The summed E-state index contributed by atoms with van der Waals surface area (Å²) in [5, 5.41) is 2.88. The lowest BCUT2D eigenvalue weighted by Crippen LogP contribution is -2.18. The molecule has 0 saturated heterocycles. The van der Waals surface area contributed by atoms with E-state index in [9.17, 15) is 4.79 Å². The summed E-state index contributed by atoms with van der Waals surface area (Å²) in [7, 11) is 0. The molecule has 116 valence electrons. The lowest BCUT2D eigenvalue weighted by atomic mass is 10.1. The third-order valence-electron chi connectivity index (χ3n) is 3.29. The summed E-state index contributed by atoms with van der Waals surface area (Å²) >= 11 is 0. The highest BCUT2D eigenvalue weighted by Gasteiger charge is 2.09. The van der Waals surface area contributed by atoms with Gasteiger partial charge in [-0.15, -0.1) is 0 Å². The Hall–Kier alpha value is -2.36. The highest BCUT2D eigenvalue weighted by Crippen LogP contribution is 2.23. The minimum atomic E-state index is 0.0277. The predicted octanol–water partition coefficient (Wildman–Crippen LogP) is 4.22. The first-order chi connectivity index (χ1) is 10.6. The molecule has 0 aliphatic heterocycles. The van der Waals surface area contributed by atoms with E-state index in [0.29, 0.717) is 12.3 Å². The standard InChI is InChI=1S/C18H23N3O/c1-4-21(16-8-6-5-7-9-16)17-11-10-15(13-19-17)20-18(22)12-14(2)3/h5-11,13-14H,4,12H2,1-3H3,(H,20,22). The van der Waals surface area contributed by atoms with Gasteiger partial charge in [0.05, 0.1) is 11.9 Å². The summed E-state index contributed by atoms with van der Waals surface area (Å²) < 4.78 is 0. The molecule has 0 fully saturated rings. The van der Waals surface area contributed by atoms with Crippen LogP contribution in [0.25, 0.3) is 0 Å². The van der Waals surface area contributed by atoms with Crippen molar-refractivity contribution in [2.45, 2.75) is 27.2 Å². The summed E-state index contributed by atoms with van der Waals surface area (Å²) in [5.41, 5.74) is 1.84. The predicted molar refractivity (Wildman–Crippen MR) is 91.4 cm³/mol. The van der Waals surface area contributed by atoms with Gasteiger partial charge in [-0.25, -0.2) is 4.98 Å². The van der Waals surface area contributed by atoms with Crippen LogP contribution in [-0.4, -0.2) is 17.4 Å². The van der Waals surface area contributed by atoms with Crippen LogP contribution in [0.2, 0.25) is 0 Å². The number of hydrogen-bond donors (Lipinski definition) is 1. The number of anilines is 3. The zero-order valence-corrected chi connectivity index (χ0v) is 13.4. The number of pyridine rings is 1. The van der Waals surface area contributed by atoms with Gasteiger partial charge in [-0.05, 0) is 37.1 Å². The highest BCUT2D eigenvalue weighted by molar-refractivity contribution is 5.90. The van der Waals surface area contributed by atoms with E-state index in [0.717, 1.165) is 23.7 Å². The number of carbonyl (C=O) groups excluding carboxylic acids is 1. The summed E-state index contributed by atoms with van der Waals surface area (Å²) in [5.74, 6) is 1.25. The van der Waals surface area contributed by atoms with Crippen LogP contribution in [0.4, 0.5) is 17.2 Å². The Morgan fingerprint density at radius 1 is 1.18 bits per heavy atom. The number of amides is 1. The Kier molecular flexibility index (Phi) is 5.53. The van der Waals surface area contributed by atoms with E-state index in [2.05, 4.69) is 34.3 Å². The van der Waals surface area contributed by atoms with Gasteiger partial charge in [0.25, 0.3) is 0 Å². The zero-order valence-electron chi connectivity index (χ0n) is 13.4. The van der Waals surface area contributed by atoms with Gasteiger partial charge in [-0.1, -0.05) is 32.0 Å². The van der Waals surface area contributed by atoms with Gasteiger partial charge >= 0.3 is 0 Å². The van der Waals surface area contributed by atoms with Crippen LogP contribution in [-0.2, 0) is 4.79 Å². The molecule has 1 amide bonds. The highest BCUT2D eigenvalue weighted by atomic mass is 16.1. The summed E-state index contributed by atoms with van der Waals surface area (Å²) in [6, 6.07) is 14.0. The molecule has 0 aliphatic rings. The minimum absolute atomic E-state index is 0.0277. The summed E-state index contributed by atoms with van der Waals surface area (Å²) in [6.45, 7) is 6.98. The molecule has 4 heteroatoms. The number of nitrogens with zero attached hydrogens (tertiary/aromatic N) is 2. The first kappa shape index (κ1) is 16.0. The molecule has 0 radical (unpaired) electrons. The van der Waals surface area contributed by atoms with Gasteiger partial charge in [-0.2, -0.15) is 0 Å². The quantitative estimate of drug-likeness (QED) is 0.868. The van der Waals surface area contributed by atoms with Crippen LogP contribution in [0.5, 0.6) is 0 Å². The van der Waals surface area contributed by atoms with Crippen LogP contribution in [0.15, 0.2) is 48.7 Å². The number of benzene rings is 1. The largest absolute Gasteiger partial charge is 0.327 e. The Balaban J connectivity index is 2.09. The Morgan fingerprint density at radius 2 is 1.91 bits per heavy atom. The van der Waals surface area contributed by atoms with Crippen molar-refractivity contribution in [3.63, 3.8) is 0 Å². The lowest BCUT2D eigenvalue weighted by molar-refractivity contribution is -0.116. The van der Waals surface area contributed by atoms with E-state index in [-0.39, 0.29) is 5.91 Å². The van der Waals surface area contributed by atoms with E-state index in [1.807, 2.05) is 44.2 Å². The molecule has 4 nitrogen and oxygen atoms in total. The molecular weight excluding hydrogens is 274 g/mol. The Labute approximate surface area is 132 Å². The number of hydrogen-bond acceptors (Lipinski definition) is 3. The molecule has 1 heterocycles. The van der Waals surface area contributed by atoms with Gasteiger partial charge < -0.3 is 10.2 Å². The zero-order chi connectivity index (χ0) is 15.9. The molecule has 22 heavy (non-hydrogen) atoms. The maximum Gasteiger partial charge on any atom is 0.224 e. The molecule has 1 aromatic carbocycles. The molecule has 0 unspecified atom stereocenters. The second kappa shape index (κ2) is 7.59. The Bertz CT molecular complexity index is 593. The van der Waals surface area contributed by atoms with Gasteiger partial charge in [0.15, 0.2) is 0 Å². The number of para-hydroxylation sites is 1. The first-order valence-corrected chi connectivity index (χ1v) is 7.68. The van der Waals surface area contributed by atoms with E-state index in [4.69, 9.17) is 0 Å². The monoisotopic (exact) mass is 297 g/mol. The normalized spacial score (nSPS) is 10.5. The average molecular weight is 297 g/mol. The van der Waals surface area contributed by atoms with Crippen molar-refractivity contribution in [1.82, 2.24) is 4.98 Å². The molecular formula is C18H23N3O. The third kappa shape index (κ3) is 4.32. The summed E-state index contributed by atoms with van der Waals surface area (Å²) in [4.78, 5) is 18.4. The van der Waals surface area contributed by atoms with Crippen molar-refractivity contribution in [2.24, 2.45) is 5.92 Å². The molecule has 0 bridgehead atoms. The van der Waals surface area contributed by atoms with Crippen LogP contribution in [0.1, 0.15) is 27.2 Å². The molecule has 0 saturated carbocycles. The maximum atomic E-state index is 11.8. The Morgan fingerprint density at radius 3 is 2.45 bits per heavy atom. The molecule has 2 rings (SSSR count). The first-order valence-electron chi connectivity index (χ1n) is 7.68. The molecule has 2 aromatic rings. The number of carbonyl (C=O) groups is 1. The molecule has 0 aliphatic carbocycles. The number of aromatic nitrogens is 1. The van der Waals surface area contributed by atoms with Crippen LogP contribution in [0.3, 0.4) is 0 Å². The van der Waals surface area contributed by atoms with Gasteiger partial charge in [0.2, 0.25) is 5.91 Å². The van der Waals surface area contributed by atoms with Crippen molar-refractivity contribution >= 4 is 23.1 Å². The molecule has 0 spiro atoms. The van der Waals surface area contributed by atoms with Crippen molar-refractivity contribution in [3.05, 3.63) is 48.7 Å². The van der Waals surface area contributed by atoms with Gasteiger partial charge in [0.1, 0.15) is 5.82 Å². The van der Waals surface area contributed by atoms with Gasteiger partial charge in [0, 0.05) is 18.7 Å². The second-order valence-electron chi connectivity index (χ2n) is 5.63. The smallest absolute Gasteiger partial charge is 0.224 e. The van der Waals surface area contributed by atoms with Crippen molar-refractivity contribution < 1.29 is 4.79 Å². The molecule has 1 aromatic heterocycles. The van der Waals surface area contributed by atoms with E-state index in [1.165, 1.54) is 0 Å². The van der Waals surface area contributed by atoms with Crippen molar-refractivity contribution in [1.29, 1.82) is 0 Å². The van der Waals surface area contributed by atoms with E-state index in [1.54, 1.807) is 6.20 Å². The van der Waals surface area contributed by atoms with Crippen LogP contribution in [0, 0.1) is 5.92 Å². The van der Waals surface area contributed by atoms with Crippen LogP contribution >= 0.6 is 0 Å². The van der Waals surface area contributed by atoms with Crippen molar-refractivity contribution in [2.75, 3.05) is 16.8 Å². The lowest BCUT2D eigenvalue weighted by Gasteiger charge is -2.22. The third-order valence-corrected chi connectivity index (χ3v) is 3.29. The fourth-order valence-corrected chi connectivity index (χ4v) is 2.29. The average Bonchev–Trinajstić information content (AvgIpc) is 2.50. The maximum absolute atomic E-state index is 11.8. The molecule has 0 atom stereocenters. The summed E-state index contributed by atoms with van der Waals surface area (Å²) in [6.07, 6.45) is 2.23. The van der Waals surface area contributed by atoms with Crippen molar-refractivity contribution in [3.8, 4) is 0 Å². The number of rotatable bonds is 6. The topological polar surface area (TPSA) is 45.2 Å².